The first-order valence-corrected chi connectivity index (χ1v) is 57.4. The number of rotatable bonds is 21. The summed E-state index contributed by atoms with van der Waals surface area (Å²) in [4.78, 5) is 40.5. The van der Waals surface area contributed by atoms with Crippen LogP contribution >= 0.6 is 0 Å². The summed E-state index contributed by atoms with van der Waals surface area (Å²) in [6.45, 7) is 115. The first kappa shape index (κ1) is 126. The molecule has 804 valence electrons. The summed E-state index contributed by atoms with van der Waals surface area (Å²) in [7, 11) is 11.3. The van der Waals surface area contributed by atoms with Crippen LogP contribution < -0.4 is 10.6 Å². The molecule has 0 aromatic heterocycles. The highest BCUT2D eigenvalue weighted by Gasteiger charge is 2.44. The van der Waals surface area contributed by atoms with E-state index in [2.05, 4.69) is 318 Å². The lowest BCUT2D eigenvalue weighted by Gasteiger charge is -2.55. The zero-order chi connectivity index (χ0) is 100. The fraction of sp³-hybridized carbons (Fsp3) is 1.00. The van der Waals surface area contributed by atoms with Crippen molar-refractivity contribution in [2.24, 2.45) is 71.0 Å². The van der Waals surface area contributed by atoms with E-state index in [0.717, 1.165) is 180 Å². The van der Waals surface area contributed by atoms with Gasteiger partial charge in [-0.15, -0.1) is 0 Å². The summed E-state index contributed by atoms with van der Waals surface area (Å²) in [5.41, 5.74) is 1.02. The van der Waals surface area contributed by atoms with Crippen molar-refractivity contribution in [3.05, 3.63) is 0 Å². The summed E-state index contributed by atoms with van der Waals surface area (Å²) < 4.78 is 10.5. The van der Waals surface area contributed by atoms with E-state index in [-0.39, 0.29) is 6.61 Å². The fourth-order valence-corrected chi connectivity index (χ4v) is 23.1. The second-order valence-corrected chi connectivity index (χ2v) is 51.3. The van der Waals surface area contributed by atoms with Crippen LogP contribution in [0.4, 0.5) is 0 Å². The van der Waals surface area contributed by atoms with Crippen molar-refractivity contribution in [3.8, 4) is 0 Å². The molecule has 17 rings (SSSR count). The number of fused-ring (bicyclic) bond motifs is 7. The molecule has 17 saturated heterocycles. The van der Waals surface area contributed by atoms with Gasteiger partial charge in [0.15, 0.2) is 0 Å². The third-order valence-electron chi connectivity index (χ3n) is 30.9. The van der Waals surface area contributed by atoms with Crippen molar-refractivity contribution in [2.45, 2.75) is 356 Å². The minimum atomic E-state index is 0.287. The number of morpholine rings is 1. The van der Waals surface area contributed by atoms with Gasteiger partial charge in [-0.1, -0.05) is 138 Å². The van der Waals surface area contributed by atoms with Crippen molar-refractivity contribution in [1.82, 2.24) is 89.0 Å². The van der Waals surface area contributed by atoms with Gasteiger partial charge < -0.3 is 59.5 Å². The largest absolute Gasteiger partial charge is 0.395 e. The van der Waals surface area contributed by atoms with Gasteiger partial charge in [-0.3, -0.25) is 44.1 Å². The Morgan fingerprint density at radius 3 is 1.01 bits per heavy atom. The number of nitrogens with zero attached hydrogens (tertiary/aromatic N) is 16. The number of likely N-dealkylation sites (N-methyl/N-ethyl adjacent to an activating group) is 5. The normalized spacial score (nSPS) is 26.3. The zero-order valence-corrected chi connectivity index (χ0v) is 96.7. The van der Waals surface area contributed by atoms with Gasteiger partial charge in [-0.05, 0) is 317 Å². The maximum Gasteiger partial charge on any atom is 0.0594 e. The number of hydrogen-bond acceptors (Lipinski definition) is 21. The van der Waals surface area contributed by atoms with E-state index >= 15 is 0 Å². The van der Waals surface area contributed by atoms with Gasteiger partial charge in [0.1, 0.15) is 0 Å². The first-order chi connectivity index (χ1) is 63.7. The van der Waals surface area contributed by atoms with E-state index in [9.17, 15) is 0 Å². The van der Waals surface area contributed by atoms with E-state index in [1.807, 2.05) is 0 Å². The Kier molecular flexibility index (Phi) is 64.9. The number of likely N-dealkylation sites (tertiary alicyclic amines) is 3. The van der Waals surface area contributed by atoms with E-state index in [1.165, 1.54) is 312 Å². The summed E-state index contributed by atoms with van der Waals surface area (Å²) in [5, 5.41) is 15.5. The predicted octanol–water partition coefficient (Wildman–Crippen LogP) is 17.2. The number of ether oxygens (including phenoxy) is 2. The highest BCUT2D eigenvalue weighted by Crippen LogP contribution is 2.35. The molecule has 17 heterocycles. The van der Waals surface area contributed by atoms with Gasteiger partial charge >= 0.3 is 0 Å². The van der Waals surface area contributed by atoms with Crippen LogP contribution in [0.25, 0.3) is 0 Å². The van der Waals surface area contributed by atoms with Crippen LogP contribution in [0.1, 0.15) is 303 Å². The Hall–Kier alpha value is -0.840. The Bertz CT molecular complexity index is 2560. The van der Waals surface area contributed by atoms with Gasteiger partial charge in [0.2, 0.25) is 0 Å². The van der Waals surface area contributed by atoms with E-state index in [1.54, 1.807) is 0 Å². The zero-order valence-electron chi connectivity index (χ0n) is 96.7. The average Bonchev–Trinajstić information content (AvgIpc) is 1.74. The van der Waals surface area contributed by atoms with Gasteiger partial charge in [-0.2, -0.15) is 0 Å². The van der Waals surface area contributed by atoms with Crippen molar-refractivity contribution in [3.63, 3.8) is 0 Å². The van der Waals surface area contributed by atoms with Crippen LogP contribution in [0.5, 0.6) is 0 Å². The highest BCUT2D eigenvalue weighted by molar-refractivity contribution is 5.00. The summed E-state index contributed by atoms with van der Waals surface area (Å²) in [5.74, 6) is 10.6. The van der Waals surface area contributed by atoms with Crippen LogP contribution in [0.15, 0.2) is 0 Å². The topological polar surface area (TPSA) is 115 Å². The second kappa shape index (κ2) is 69.3. The third-order valence-corrected chi connectivity index (χ3v) is 30.9. The Morgan fingerprint density at radius 2 is 0.630 bits per heavy atom. The molecule has 6 bridgehead atoms. The lowest BCUT2D eigenvalue weighted by atomic mass is 9.87. The first-order valence-electron chi connectivity index (χ1n) is 57.4. The van der Waals surface area contributed by atoms with Gasteiger partial charge in [0.25, 0.3) is 0 Å². The molecule has 17 fully saturated rings. The van der Waals surface area contributed by atoms with E-state index < -0.39 is 0 Å². The molecule has 0 amide bonds. The Morgan fingerprint density at radius 1 is 0.289 bits per heavy atom. The second-order valence-electron chi connectivity index (χ2n) is 51.3. The van der Waals surface area contributed by atoms with Crippen molar-refractivity contribution in [2.75, 3.05) is 317 Å². The molecule has 21 heteroatoms. The van der Waals surface area contributed by atoms with Crippen LogP contribution in [0.2, 0.25) is 0 Å². The fourth-order valence-electron chi connectivity index (χ4n) is 23.1. The number of hydrogen-bond donors (Lipinski definition) is 3. The summed E-state index contributed by atoms with van der Waals surface area (Å²) >= 11 is 0. The number of β-amino-alcohol motifs (C(OH)–C–C–N with tert-alkyl or cyclic N) is 1. The minimum absolute atomic E-state index is 0.287. The predicted molar refractivity (Wildman–Crippen MR) is 589 cm³/mol. The minimum Gasteiger partial charge on any atom is -0.395 e. The molecule has 17 aliphatic heterocycles. The Balaban J connectivity index is 0.000000308. The molecule has 0 radical (unpaired) electrons. The molecule has 135 heavy (non-hydrogen) atoms. The third kappa shape index (κ3) is 57.2. The van der Waals surface area contributed by atoms with Crippen LogP contribution in [-0.4, -0.2) is 453 Å². The maximum atomic E-state index is 8.79. The van der Waals surface area contributed by atoms with Gasteiger partial charge in [-0.25, -0.2) is 0 Å². The van der Waals surface area contributed by atoms with E-state index in [0.29, 0.717) is 16.6 Å². The number of piperazine rings is 7. The molecule has 6 atom stereocenters. The van der Waals surface area contributed by atoms with Crippen molar-refractivity contribution >= 4 is 0 Å². The highest BCUT2D eigenvalue weighted by atomic mass is 16.5. The monoisotopic (exact) mass is 1910 g/mol. The molecule has 0 aromatic rings. The molecule has 17 aliphatic rings. The molecule has 3 N–H and O–H groups in total. The maximum absolute atomic E-state index is 8.79. The van der Waals surface area contributed by atoms with Gasteiger partial charge in [0.05, 0.1) is 19.8 Å². The molecular formula is C114H240N18O3. The van der Waals surface area contributed by atoms with Gasteiger partial charge in [0, 0.05) is 269 Å². The summed E-state index contributed by atoms with van der Waals surface area (Å²) in [6.07, 6.45) is 23.9. The van der Waals surface area contributed by atoms with Crippen LogP contribution in [-0.2, 0) is 9.47 Å². The smallest absolute Gasteiger partial charge is 0.0594 e. The van der Waals surface area contributed by atoms with Crippen molar-refractivity contribution < 1.29 is 14.6 Å². The molecule has 6 unspecified atom stereocenters. The molecule has 21 nitrogen and oxygen atoms in total. The molecule has 0 saturated carbocycles. The van der Waals surface area contributed by atoms with Crippen LogP contribution in [0, 0.1) is 71.0 Å². The number of aliphatic hydroxyl groups excluding tert-OH is 1. The summed E-state index contributed by atoms with van der Waals surface area (Å²) in [6, 6.07) is 5.11. The van der Waals surface area contributed by atoms with E-state index in [4.69, 9.17) is 14.6 Å². The van der Waals surface area contributed by atoms with Crippen LogP contribution in [0.3, 0.4) is 0 Å². The average molecular weight is 1910 g/mol. The molecule has 0 aliphatic carbocycles. The lowest BCUT2D eigenvalue weighted by Crippen LogP contribution is -2.67. The molecule has 0 aromatic carbocycles. The van der Waals surface area contributed by atoms with Crippen molar-refractivity contribution in [1.29, 1.82) is 0 Å². The quantitative estimate of drug-likeness (QED) is 0.101. The SMILES string of the molecule is CC(C)(C)N1CCN(CCO)CC1.CC(C)CC1CCN(C)CC1.CC(C)CC1CCNCC1.CC(C)CC1CCOCC1.CC(C)CN1CC2CC(C1)N2C.CC(C)CN1CC2CCC(C1)N2C.CC(C)CN1CCCCC1.CC(C)CN1CCN(C)CC1.CC(C)CN1CCNCC1.CC(C)CN1CCOCC1.CCN1CCN(C(C)(C)C)CC1.CN1CC2CCC1CN2C(C)(C)C. The standard InChI is InChI=1S/2C11H22N2.C10H22N2O.C10H20N2.C10H22N2.C10H21N.C9H20N2.2C9H19N.C9H18O.C8H18N2.C8H17NO/c1-11(2,3)13-8-9-5-6-10(13)7-12(9)4;1-9(2)6-13-7-10-4-5-11(8-13)12(10)3;1-10(2,3)12-6-4-11(5-7-12)8-9-13;1-8(2)5-12-6-9-4-10(7-12)11(9)3;1-5-11-6-8-12(9-7-11)10(2,3)4;1-9(2)8-10-4-6-11(3)7-5-10;1-9(2)8-11-6-4-10(3)5-7-11;1-8(2)7-9-3-5-10-6-4-9;1-9(2)8-10-6-4-3-5-7-10;1-8(2)7-9-3-5-10-6-4-9;1-8(2)7-10-5-3-9-4-6-10;1-8(2)7-9-3-5-10-6-4-9/h9-10H,5-8H2,1-4H3;9-11H,4-8H2,1-3H3;13H,4-9H2,1-3H3;8-10H,4-7H2,1-3H3;5-9H2,1-4H3;9-10H,4-8H2,1-3H3;9H,4-8H2,1-3H3;8-10H,3-7H2,1-2H3;9H,3-8H2,1-2H3;2*8-9H,3-7H2,1-2H3;8H,3-7H2,1-2H3. The molecular weight excluding hydrogens is 1670 g/mol. The molecule has 0 spiro atoms. The number of nitrogens with one attached hydrogen (secondary N) is 2. The number of piperidine rings is 6. The lowest BCUT2D eigenvalue weighted by molar-refractivity contribution is -0.0533. The number of aliphatic hydroxyl groups is 1. The Labute approximate surface area is 842 Å².